The molecule has 4 aliphatic rings. The van der Waals surface area contributed by atoms with Crippen molar-refractivity contribution in [2.45, 2.75) is 70.3 Å². The topological polar surface area (TPSA) is 58.7 Å². The second-order valence-electron chi connectivity index (χ2n) is 11.9. The molecule has 0 radical (unpaired) electrons. The summed E-state index contributed by atoms with van der Waals surface area (Å²) in [6, 6.07) is 14.7. The summed E-state index contributed by atoms with van der Waals surface area (Å²) >= 11 is 0. The molecule has 6 rings (SSSR count). The van der Waals surface area contributed by atoms with Gasteiger partial charge in [0.15, 0.2) is 17.3 Å². The first-order chi connectivity index (χ1) is 18.8. The van der Waals surface area contributed by atoms with Crippen LogP contribution in [0.4, 0.5) is 5.69 Å². The van der Waals surface area contributed by atoms with Crippen molar-refractivity contribution in [2.75, 3.05) is 0 Å². The number of hydrogen-bond acceptors (Lipinski definition) is 3. The fourth-order valence-electron chi connectivity index (χ4n) is 8.10. The van der Waals surface area contributed by atoms with Gasteiger partial charge in [0.1, 0.15) is 5.60 Å². The van der Waals surface area contributed by atoms with Gasteiger partial charge in [-0.1, -0.05) is 66.9 Å². The number of ketones is 2. The highest BCUT2D eigenvalue weighted by Crippen LogP contribution is 2.66. The third-order valence-electron chi connectivity index (χ3n) is 10.1. The van der Waals surface area contributed by atoms with Crippen LogP contribution in [0.2, 0.25) is 0 Å². The minimum Gasteiger partial charge on any atom is -0.377 e. The molecule has 2 saturated carbocycles. The van der Waals surface area contributed by atoms with Crippen molar-refractivity contribution in [1.29, 1.82) is 0 Å². The van der Waals surface area contributed by atoms with Crippen LogP contribution >= 0.6 is 0 Å². The van der Waals surface area contributed by atoms with Crippen molar-refractivity contribution in [1.82, 2.24) is 0 Å². The van der Waals surface area contributed by atoms with E-state index in [2.05, 4.69) is 35.7 Å². The van der Waals surface area contributed by atoms with Crippen LogP contribution in [0.1, 0.15) is 86.2 Å². The molecular weight excluding hydrogens is 482 g/mol. The summed E-state index contributed by atoms with van der Waals surface area (Å²) in [5.41, 5.74) is 5.55. The lowest BCUT2D eigenvalue weighted by Crippen LogP contribution is -2.51. The van der Waals surface area contributed by atoms with E-state index < -0.39 is 5.60 Å². The maximum Gasteiger partial charge on any atom is 0.192 e. The second kappa shape index (κ2) is 9.48. The molecule has 0 saturated heterocycles. The van der Waals surface area contributed by atoms with Crippen molar-refractivity contribution >= 4 is 17.3 Å². The predicted octanol–water partition coefficient (Wildman–Crippen LogP) is 7.12. The zero-order valence-electron chi connectivity index (χ0n) is 22.6. The van der Waals surface area contributed by atoms with Crippen molar-refractivity contribution < 1.29 is 14.7 Å². The summed E-state index contributed by atoms with van der Waals surface area (Å²) in [7, 11) is 0. The lowest BCUT2D eigenvalue weighted by molar-refractivity contribution is -0.114. The van der Waals surface area contributed by atoms with E-state index in [4.69, 9.17) is 6.57 Å². The van der Waals surface area contributed by atoms with Crippen molar-refractivity contribution in [3.8, 4) is 11.8 Å². The van der Waals surface area contributed by atoms with Gasteiger partial charge in [-0.15, -0.1) is 5.92 Å². The minimum absolute atomic E-state index is 0.0641. The molecule has 4 nitrogen and oxygen atoms in total. The Morgan fingerprint density at radius 2 is 1.72 bits per heavy atom. The molecule has 1 N–H and O–H groups in total. The van der Waals surface area contributed by atoms with Crippen LogP contribution in [-0.2, 0) is 4.79 Å². The third-order valence-corrected chi connectivity index (χ3v) is 10.1. The quantitative estimate of drug-likeness (QED) is 0.269. The van der Waals surface area contributed by atoms with Crippen molar-refractivity contribution in [3.05, 3.63) is 99.4 Å². The van der Waals surface area contributed by atoms with E-state index in [1.54, 1.807) is 24.3 Å². The second-order valence-corrected chi connectivity index (χ2v) is 11.9. The molecule has 196 valence electrons. The van der Waals surface area contributed by atoms with Gasteiger partial charge < -0.3 is 5.11 Å². The number of carbonyl (C=O) groups is 2. The Labute approximate surface area is 230 Å². The summed E-state index contributed by atoms with van der Waals surface area (Å²) in [5, 5.41) is 11.8. The van der Waals surface area contributed by atoms with Crippen LogP contribution in [0.5, 0.6) is 0 Å². The fraction of sp³-hybridized carbons (Fsp3) is 0.400. The molecule has 39 heavy (non-hydrogen) atoms. The molecule has 2 aromatic carbocycles. The standard InChI is InChI=1S/C35H33NO3/c1-4-18-35(39)19-17-31-29-15-11-25-20-27(37)14-16-28(25)32(29)30(21-34(31,35)2)22-5-7-23(8-6-22)33(38)24-9-12-26(36-3)13-10-24/h5-10,12-13,20,29-31,39H,11,14-17,19,21H2,1-2H3/t29?,30-,31?,34+,35+/m1/s1. The summed E-state index contributed by atoms with van der Waals surface area (Å²) in [5.74, 6) is 7.22. The number of allylic oxidation sites excluding steroid dienone is 4. The Hall–Kier alpha value is -3.73. The molecule has 5 atom stereocenters. The molecule has 2 aromatic rings. The molecule has 0 bridgehead atoms. The van der Waals surface area contributed by atoms with E-state index in [1.807, 2.05) is 25.1 Å². The average molecular weight is 516 g/mol. The van der Waals surface area contributed by atoms with E-state index in [1.165, 1.54) is 16.7 Å². The SMILES string of the molecule is [C-]#[N+]c1ccc(C(=O)c2ccc([C@H]3C[C@@]4(C)C(CC[C@@]4(O)C#CC)C4CCC5=CC(=O)CCC5=C43)cc2)cc1. The Morgan fingerprint density at radius 3 is 2.38 bits per heavy atom. The van der Waals surface area contributed by atoms with E-state index in [0.717, 1.165) is 37.7 Å². The first-order valence-electron chi connectivity index (χ1n) is 14.0. The molecule has 4 heteroatoms. The zero-order valence-corrected chi connectivity index (χ0v) is 22.6. The van der Waals surface area contributed by atoms with Crippen LogP contribution in [-0.4, -0.2) is 22.3 Å². The zero-order chi connectivity index (χ0) is 27.4. The largest absolute Gasteiger partial charge is 0.377 e. The van der Waals surface area contributed by atoms with Gasteiger partial charge in [-0.25, -0.2) is 4.85 Å². The Balaban J connectivity index is 1.42. The van der Waals surface area contributed by atoms with Gasteiger partial charge in [-0.2, -0.15) is 0 Å². The van der Waals surface area contributed by atoms with Gasteiger partial charge >= 0.3 is 0 Å². The molecular formula is C35H33NO3. The van der Waals surface area contributed by atoms with Gasteiger partial charge in [0, 0.05) is 28.9 Å². The molecule has 0 aliphatic heterocycles. The van der Waals surface area contributed by atoms with E-state index in [-0.39, 0.29) is 22.9 Å². The third kappa shape index (κ3) is 4.02. The van der Waals surface area contributed by atoms with Gasteiger partial charge in [0.05, 0.1) is 6.57 Å². The molecule has 4 aliphatic carbocycles. The normalized spacial score (nSPS) is 31.2. The van der Waals surface area contributed by atoms with Crippen LogP contribution in [0.3, 0.4) is 0 Å². The van der Waals surface area contributed by atoms with Crippen LogP contribution < -0.4 is 0 Å². The number of fused-ring (bicyclic) bond motifs is 4. The van der Waals surface area contributed by atoms with E-state index in [0.29, 0.717) is 41.5 Å². The lowest BCUT2D eigenvalue weighted by atomic mass is 9.51. The Morgan fingerprint density at radius 1 is 1.03 bits per heavy atom. The highest BCUT2D eigenvalue weighted by molar-refractivity contribution is 6.09. The van der Waals surface area contributed by atoms with E-state index in [9.17, 15) is 14.7 Å². The fourth-order valence-corrected chi connectivity index (χ4v) is 8.10. The predicted molar refractivity (Wildman–Crippen MR) is 151 cm³/mol. The lowest BCUT2D eigenvalue weighted by Gasteiger charge is -2.53. The summed E-state index contributed by atoms with van der Waals surface area (Å²) in [6.07, 6.45) is 7.62. The minimum atomic E-state index is -1.01. The number of aliphatic hydroxyl groups is 1. The maximum absolute atomic E-state index is 13.2. The van der Waals surface area contributed by atoms with Crippen molar-refractivity contribution in [2.24, 2.45) is 17.3 Å². The average Bonchev–Trinajstić information content (AvgIpc) is 3.22. The summed E-state index contributed by atoms with van der Waals surface area (Å²) in [6.45, 7) is 11.2. The number of benzene rings is 2. The van der Waals surface area contributed by atoms with Crippen LogP contribution in [0.25, 0.3) is 4.85 Å². The summed E-state index contributed by atoms with van der Waals surface area (Å²) < 4.78 is 0. The highest BCUT2D eigenvalue weighted by atomic mass is 16.3. The van der Waals surface area contributed by atoms with Crippen LogP contribution in [0.15, 0.2) is 71.3 Å². The smallest absolute Gasteiger partial charge is 0.192 e. The van der Waals surface area contributed by atoms with Gasteiger partial charge in [0.2, 0.25) is 0 Å². The van der Waals surface area contributed by atoms with Gasteiger partial charge in [-0.05, 0) is 80.1 Å². The Kier molecular flexibility index (Phi) is 6.21. The molecule has 0 spiro atoms. The number of carbonyl (C=O) groups excluding carboxylic acids is 2. The summed E-state index contributed by atoms with van der Waals surface area (Å²) in [4.78, 5) is 28.9. The first kappa shape index (κ1) is 25.5. The van der Waals surface area contributed by atoms with Gasteiger partial charge in [-0.3, -0.25) is 9.59 Å². The van der Waals surface area contributed by atoms with Crippen LogP contribution in [0, 0.1) is 35.7 Å². The molecule has 2 fully saturated rings. The Bertz CT molecular complexity index is 1530. The monoisotopic (exact) mass is 515 g/mol. The molecule has 0 heterocycles. The maximum atomic E-state index is 13.2. The highest BCUT2D eigenvalue weighted by Gasteiger charge is 2.62. The molecule has 0 aromatic heterocycles. The molecule has 0 amide bonds. The van der Waals surface area contributed by atoms with E-state index >= 15 is 0 Å². The number of nitrogens with zero attached hydrogens (tertiary/aromatic N) is 1. The molecule has 2 unspecified atom stereocenters. The number of hydrogen-bond donors (Lipinski definition) is 1. The van der Waals surface area contributed by atoms with Crippen molar-refractivity contribution in [3.63, 3.8) is 0 Å². The number of rotatable bonds is 3. The van der Waals surface area contributed by atoms with Gasteiger partial charge in [0.25, 0.3) is 0 Å². The first-order valence-corrected chi connectivity index (χ1v) is 14.0.